The van der Waals surface area contributed by atoms with E-state index in [0.29, 0.717) is 62.9 Å². The molecule has 1 heterocycles. The average molecular weight is 461 g/mol. The third kappa shape index (κ3) is 4.98. The molecule has 0 bridgehead atoms. The third-order valence-corrected chi connectivity index (χ3v) is 9.98. The van der Waals surface area contributed by atoms with E-state index >= 15 is 0 Å². The number of ether oxygens (including phenoxy) is 1. The number of hydrogen-bond acceptors (Lipinski definition) is 4. The molecule has 0 aromatic heterocycles. The predicted molar refractivity (Wildman–Crippen MR) is 126 cm³/mol. The molecule has 33 heavy (non-hydrogen) atoms. The lowest BCUT2D eigenvalue weighted by molar-refractivity contribution is -0.149. The Balaban J connectivity index is 1.08. The van der Waals surface area contributed by atoms with Gasteiger partial charge in [-0.15, -0.1) is 0 Å². The Kier molecular flexibility index (Phi) is 7.04. The minimum Gasteiger partial charge on any atom is -0.381 e. The first-order chi connectivity index (χ1) is 16.0. The van der Waals surface area contributed by atoms with Crippen molar-refractivity contribution in [3.8, 4) is 0 Å². The van der Waals surface area contributed by atoms with Crippen LogP contribution in [0.4, 0.5) is 0 Å². The molecule has 3 atom stereocenters. The van der Waals surface area contributed by atoms with Gasteiger partial charge in [-0.05, 0) is 81.5 Å². The lowest BCUT2D eigenvalue weighted by Crippen LogP contribution is -2.54. The van der Waals surface area contributed by atoms with Crippen molar-refractivity contribution in [3.05, 3.63) is 0 Å². The number of methoxy groups -OCH3 is 1. The van der Waals surface area contributed by atoms with Crippen molar-refractivity contribution in [2.24, 2.45) is 29.6 Å². The Hall–Kier alpha value is -1.14. The van der Waals surface area contributed by atoms with Crippen LogP contribution < -0.4 is 0 Å². The van der Waals surface area contributed by atoms with E-state index in [1.54, 1.807) is 4.90 Å². The number of rotatable bonds is 5. The summed E-state index contributed by atoms with van der Waals surface area (Å²) in [6.07, 6.45) is 15.5. The van der Waals surface area contributed by atoms with Crippen LogP contribution in [0.15, 0.2) is 0 Å². The number of carbonyl (C=O) groups excluding carboxylic acids is 2. The maximum Gasteiger partial charge on any atom is 0.254 e. The van der Waals surface area contributed by atoms with Gasteiger partial charge in [-0.25, -0.2) is 0 Å². The summed E-state index contributed by atoms with van der Waals surface area (Å²) in [6, 6.07) is 0. The summed E-state index contributed by atoms with van der Waals surface area (Å²) in [6.45, 7) is 2.33. The third-order valence-electron chi connectivity index (χ3n) is 9.98. The number of nitrogens with zero attached hydrogens (tertiary/aromatic N) is 2. The minimum absolute atomic E-state index is 0.134. The highest BCUT2D eigenvalue weighted by Gasteiger charge is 2.50. The molecule has 1 saturated heterocycles. The second-order valence-corrected chi connectivity index (χ2v) is 11.8. The molecule has 4 aliphatic carbocycles. The summed E-state index contributed by atoms with van der Waals surface area (Å²) in [4.78, 5) is 29.3. The molecule has 5 rings (SSSR count). The Bertz CT molecular complexity index is 701. The fourth-order valence-electron chi connectivity index (χ4n) is 7.66. The average Bonchev–Trinajstić information content (AvgIpc) is 3.38. The van der Waals surface area contributed by atoms with Gasteiger partial charge in [-0.3, -0.25) is 9.59 Å². The Morgan fingerprint density at radius 3 is 2.00 bits per heavy atom. The van der Waals surface area contributed by atoms with Crippen LogP contribution in [0.1, 0.15) is 83.5 Å². The second-order valence-electron chi connectivity index (χ2n) is 11.8. The molecule has 3 unspecified atom stereocenters. The molecule has 0 radical (unpaired) electrons. The first-order valence-electron chi connectivity index (χ1n) is 13.8. The SMILES string of the molecule is COC1CC(C2CCCC2)CCC1C1CCC(C(=O)N2CCN(C(=O)C3(O)CC3)CC2)CC1. The number of aliphatic hydroxyl groups is 1. The smallest absolute Gasteiger partial charge is 0.254 e. The van der Waals surface area contributed by atoms with Gasteiger partial charge in [0.1, 0.15) is 5.60 Å². The molecule has 2 amide bonds. The van der Waals surface area contributed by atoms with Crippen molar-refractivity contribution in [3.63, 3.8) is 0 Å². The van der Waals surface area contributed by atoms with E-state index in [9.17, 15) is 14.7 Å². The van der Waals surface area contributed by atoms with Crippen molar-refractivity contribution >= 4 is 11.8 Å². The van der Waals surface area contributed by atoms with Crippen molar-refractivity contribution in [2.75, 3.05) is 33.3 Å². The molecule has 186 valence electrons. The Morgan fingerprint density at radius 2 is 1.39 bits per heavy atom. The Labute approximate surface area is 199 Å². The van der Waals surface area contributed by atoms with Crippen LogP contribution in [0, 0.1) is 29.6 Å². The van der Waals surface area contributed by atoms with Gasteiger partial charge in [0.2, 0.25) is 5.91 Å². The molecule has 1 N–H and O–H groups in total. The fraction of sp³-hybridized carbons (Fsp3) is 0.926. The monoisotopic (exact) mass is 460 g/mol. The highest BCUT2D eigenvalue weighted by molar-refractivity contribution is 5.88. The molecule has 6 heteroatoms. The second kappa shape index (κ2) is 9.85. The molecular weight excluding hydrogens is 416 g/mol. The van der Waals surface area contributed by atoms with Crippen molar-refractivity contribution in [1.29, 1.82) is 0 Å². The van der Waals surface area contributed by atoms with Crippen molar-refractivity contribution in [1.82, 2.24) is 9.80 Å². The van der Waals surface area contributed by atoms with Gasteiger partial charge in [-0.1, -0.05) is 25.7 Å². The summed E-state index contributed by atoms with van der Waals surface area (Å²) < 4.78 is 6.05. The number of carbonyl (C=O) groups is 2. The lowest BCUT2D eigenvalue weighted by Gasteiger charge is -2.44. The molecule has 1 aliphatic heterocycles. The molecular formula is C27H44N2O4. The topological polar surface area (TPSA) is 70.1 Å². The van der Waals surface area contributed by atoms with E-state index in [-0.39, 0.29) is 11.8 Å². The van der Waals surface area contributed by atoms with E-state index in [1.165, 1.54) is 44.9 Å². The van der Waals surface area contributed by atoms with E-state index in [1.807, 2.05) is 12.0 Å². The zero-order chi connectivity index (χ0) is 23.0. The largest absolute Gasteiger partial charge is 0.381 e. The molecule has 4 saturated carbocycles. The first-order valence-corrected chi connectivity index (χ1v) is 13.8. The van der Waals surface area contributed by atoms with E-state index in [4.69, 9.17) is 4.74 Å². The highest BCUT2D eigenvalue weighted by Crippen LogP contribution is 2.47. The first kappa shape index (κ1) is 23.6. The van der Waals surface area contributed by atoms with Crippen LogP contribution in [0.25, 0.3) is 0 Å². The quantitative estimate of drug-likeness (QED) is 0.680. The van der Waals surface area contributed by atoms with Crippen molar-refractivity contribution in [2.45, 2.75) is 95.2 Å². The van der Waals surface area contributed by atoms with E-state index in [0.717, 1.165) is 37.5 Å². The molecule has 5 fully saturated rings. The molecule has 5 aliphatic rings. The van der Waals surface area contributed by atoms with Gasteiger partial charge >= 0.3 is 0 Å². The normalized spacial score (nSPS) is 37.2. The summed E-state index contributed by atoms with van der Waals surface area (Å²) >= 11 is 0. The summed E-state index contributed by atoms with van der Waals surface area (Å²) in [5.41, 5.74) is -1.10. The van der Waals surface area contributed by atoms with Gasteiger partial charge in [0.15, 0.2) is 0 Å². The summed E-state index contributed by atoms with van der Waals surface area (Å²) in [5.74, 6) is 3.50. The molecule has 0 aromatic carbocycles. The predicted octanol–water partition coefficient (Wildman–Crippen LogP) is 3.61. The van der Waals surface area contributed by atoms with Gasteiger partial charge in [0.25, 0.3) is 5.91 Å². The van der Waals surface area contributed by atoms with E-state index < -0.39 is 5.60 Å². The minimum atomic E-state index is -1.10. The van der Waals surface area contributed by atoms with Crippen molar-refractivity contribution < 1.29 is 19.4 Å². The number of hydrogen-bond donors (Lipinski definition) is 1. The van der Waals surface area contributed by atoms with Gasteiger partial charge in [-0.2, -0.15) is 0 Å². The number of piperazine rings is 1. The zero-order valence-corrected chi connectivity index (χ0v) is 20.6. The zero-order valence-electron chi connectivity index (χ0n) is 20.6. The molecule has 0 aromatic rings. The highest BCUT2D eigenvalue weighted by atomic mass is 16.5. The maximum atomic E-state index is 13.2. The van der Waals surface area contributed by atoms with Crippen LogP contribution in [-0.4, -0.2) is 71.7 Å². The summed E-state index contributed by atoms with van der Waals surface area (Å²) in [7, 11) is 1.91. The fourth-order valence-corrected chi connectivity index (χ4v) is 7.66. The van der Waals surface area contributed by atoms with E-state index in [2.05, 4.69) is 0 Å². The van der Waals surface area contributed by atoms with Crippen LogP contribution in [-0.2, 0) is 14.3 Å². The van der Waals surface area contributed by atoms with Crippen LogP contribution in [0.3, 0.4) is 0 Å². The van der Waals surface area contributed by atoms with Gasteiger partial charge in [0.05, 0.1) is 6.10 Å². The number of amides is 2. The molecule has 0 spiro atoms. The van der Waals surface area contributed by atoms with Crippen LogP contribution in [0.2, 0.25) is 0 Å². The standard InChI is InChI=1S/C27H44N2O4/c1-33-24-18-22(19-4-2-3-5-19)10-11-23(24)20-6-8-21(9-7-20)25(30)28-14-16-29(17-15-28)26(31)27(32)12-13-27/h19-24,32H,2-18H2,1H3. The molecule has 6 nitrogen and oxygen atoms in total. The Morgan fingerprint density at radius 1 is 0.788 bits per heavy atom. The van der Waals surface area contributed by atoms with Gasteiger partial charge < -0.3 is 19.6 Å². The maximum absolute atomic E-state index is 13.2. The van der Waals surface area contributed by atoms with Gasteiger partial charge in [0, 0.05) is 39.2 Å². The van der Waals surface area contributed by atoms with Crippen LogP contribution in [0.5, 0.6) is 0 Å². The van der Waals surface area contributed by atoms with Crippen LogP contribution >= 0.6 is 0 Å². The lowest BCUT2D eigenvalue weighted by atomic mass is 9.65. The summed E-state index contributed by atoms with van der Waals surface area (Å²) in [5, 5.41) is 10.1.